The molecule has 2 N–H and O–H groups in total. The number of aromatic amines is 1. The number of rotatable bonds is 9. The topological polar surface area (TPSA) is 109 Å². The van der Waals surface area contributed by atoms with Crippen LogP contribution in [-0.4, -0.2) is 46.1 Å². The fourth-order valence-corrected chi connectivity index (χ4v) is 4.63. The Morgan fingerprint density at radius 3 is 2.66 bits per heavy atom. The van der Waals surface area contributed by atoms with Gasteiger partial charge >= 0.3 is 0 Å². The maximum atomic E-state index is 13.2. The fraction of sp³-hybridized carbons (Fsp3) is 0.304. The zero-order chi connectivity index (χ0) is 23.3. The lowest BCUT2D eigenvalue weighted by Gasteiger charge is -2.21. The lowest BCUT2D eigenvalue weighted by Crippen LogP contribution is -2.30. The van der Waals surface area contributed by atoms with Crippen molar-refractivity contribution in [2.45, 2.75) is 25.2 Å². The molecule has 3 aromatic rings. The van der Waals surface area contributed by atoms with Crippen molar-refractivity contribution in [2.75, 3.05) is 31.1 Å². The van der Waals surface area contributed by atoms with Crippen LogP contribution in [0.5, 0.6) is 0 Å². The SMILES string of the molecule is CCOCCCNC(=O)c1c[nH]c2ccc(S(=O)(=O)N(C)c3ccccc3C)cc2c1=O. The highest BCUT2D eigenvalue weighted by Crippen LogP contribution is 2.26. The van der Waals surface area contributed by atoms with E-state index < -0.39 is 21.4 Å². The number of amides is 1. The molecule has 9 heteroatoms. The number of hydrogen-bond donors (Lipinski definition) is 2. The summed E-state index contributed by atoms with van der Waals surface area (Å²) >= 11 is 0. The second-order valence-electron chi connectivity index (χ2n) is 7.30. The third kappa shape index (κ3) is 4.84. The van der Waals surface area contributed by atoms with Crippen molar-refractivity contribution in [3.8, 4) is 0 Å². The number of aromatic nitrogens is 1. The van der Waals surface area contributed by atoms with Gasteiger partial charge in [-0.25, -0.2) is 8.42 Å². The van der Waals surface area contributed by atoms with Gasteiger partial charge in [0.05, 0.1) is 10.6 Å². The molecular formula is C23H27N3O5S. The molecule has 0 fully saturated rings. The molecule has 0 unspecified atom stereocenters. The van der Waals surface area contributed by atoms with Gasteiger partial charge in [0.25, 0.3) is 15.9 Å². The molecule has 170 valence electrons. The van der Waals surface area contributed by atoms with Crippen LogP contribution in [-0.2, 0) is 14.8 Å². The van der Waals surface area contributed by atoms with E-state index in [-0.39, 0.29) is 15.8 Å². The molecule has 0 saturated heterocycles. The van der Waals surface area contributed by atoms with E-state index in [9.17, 15) is 18.0 Å². The van der Waals surface area contributed by atoms with Crippen LogP contribution in [0.15, 0.2) is 58.4 Å². The zero-order valence-electron chi connectivity index (χ0n) is 18.3. The maximum Gasteiger partial charge on any atom is 0.264 e. The first-order valence-electron chi connectivity index (χ1n) is 10.3. The van der Waals surface area contributed by atoms with Crippen LogP contribution in [0.4, 0.5) is 5.69 Å². The number of H-pyrrole nitrogens is 1. The number of pyridine rings is 1. The van der Waals surface area contributed by atoms with Crippen molar-refractivity contribution in [3.63, 3.8) is 0 Å². The predicted octanol–water partition coefficient (Wildman–Crippen LogP) is 2.82. The van der Waals surface area contributed by atoms with E-state index in [1.807, 2.05) is 26.0 Å². The van der Waals surface area contributed by atoms with Crippen LogP contribution in [0.25, 0.3) is 10.9 Å². The van der Waals surface area contributed by atoms with Gasteiger partial charge in [-0.3, -0.25) is 13.9 Å². The van der Waals surface area contributed by atoms with Crippen LogP contribution in [0.3, 0.4) is 0 Å². The molecule has 0 saturated carbocycles. The Bertz CT molecular complexity index is 1280. The number of fused-ring (bicyclic) bond motifs is 1. The average molecular weight is 458 g/mol. The minimum atomic E-state index is -3.91. The first-order valence-corrected chi connectivity index (χ1v) is 11.8. The number of aryl methyl sites for hydroxylation is 1. The Kier molecular flexibility index (Phi) is 7.32. The highest BCUT2D eigenvalue weighted by Gasteiger charge is 2.23. The summed E-state index contributed by atoms with van der Waals surface area (Å²) < 4.78 is 32.8. The molecule has 0 aliphatic heterocycles. The van der Waals surface area contributed by atoms with Gasteiger partial charge in [0, 0.05) is 43.9 Å². The Balaban J connectivity index is 1.92. The fourth-order valence-electron chi connectivity index (χ4n) is 3.35. The zero-order valence-corrected chi connectivity index (χ0v) is 19.2. The number of nitrogens with one attached hydrogen (secondary N) is 2. The summed E-state index contributed by atoms with van der Waals surface area (Å²) in [5.74, 6) is -0.519. The molecule has 0 aliphatic rings. The number of para-hydroxylation sites is 1. The summed E-state index contributed by atoms with van der Waals surface area (Å²) in [5, 5.41) is 2.82. The molecular weight excluding hydrogens is 430 g/mol. The molecule has 0 spiro atoms. The number of nitrogens with zero attached hydrogens (tertiary/aromatic N) is 1. The minimum Gasteiger partial charge on any atom is -0.382 e. The smallest absolute Gasteiger partial charge is 0.264 e. The van der Waals surface area contributed by atoms with E-state index in [1.165, 1.54) is 35.7 Å². The normalized spacial score (nSPS) is 11.5. The molecule has 32 heavy (non-hydrogen) atoms. The van der Waals surface area contributed by atoms with Crippen molar-refractivity contribution in [2.24, 2.45) is 0 Å². The predicted molar refractivity (Wildman–Crippen MR) is 125 cm³/mol. The second kappa shape index (κ2) is 9.97. The molecule has 2 aromatic carbocycles. The Morgan fingerprint density at radius 1 is 1.19 bits per heavy atom. The Morgan fingerprint density at radius 2 is 1.94 bits per heavy atom. The standard InChI is InChI=1S/C23H27N3O5S/c1-4-31-13-7-12-24-23(28)19-15-25-20-11-10-17(14-18(20)22(19)27)32(29,30)26(3)21-9-6-5-8-16(21)2/h5-6,8-11,14-15H,4,7,12-13H2,1-3H3,(H,24,28)(H,25,27). The lowest BCUT2D eigenvalue weighted by molar-refractivity contribution is 0.0943. The van der Waals surface area contributed by atoms with Gasteiger partial charge in [-0.15, -0.1) is 0 Å². The summed E-state index contributed by atoms with van der Waals surface area (Å²) in [7, 11) is -2.44. The van der Waals surface area contributed by atoms with Gasteiger partial charge in [0.2, 0.25) is 5.43 Å². The number of benzene rings is 2. The molecule has 8 nitrogen and oxygen atoms in total. The summed E-state index contributed by atoms with van der Waals surface area (Å²) in [5.41, 5.74) is 1.19. The van der Waals surface area contributed by atoms with E-state index in [1.54, 1.807) is 12.1 Å². The number of hydrogen-bond acceptors (Lipinski definition) is 5. The van der Waals surface area contributed by atoms with Gasteiger partial charge in [0.1, 0.15) is 5.56 Å². The number of sulfonamides is 1. The molecule has 0 radical (unpaired) electrons. The van der Waals surface area contributed by atoms with Crippen molar-refractivity contribution >= 4 is 32.5 Å². The highest BCUT2D eigenvalue weighted by atomic mass is 32.2. The first kappa shape index (κ1) is 23.5. The van der Waals surface area contributed by atoms with Crippen LogP contribution in [0.1, 0.15) is 29.3 Å². The molecule has 0 bridgehead atoms. The van der Waals surface area contributed by atoms with Crippen LogP contribution < -0.4 is 15.1 Å². The largest absolute Gasteiger partial charge is 0.382 e. The number of carbonyl (C=O) groups excluding carboxylic acids is 1. The van der Waals surface area contributed by atoms with E-state index in [0.29, 0.717) is 37.4 Å². The number of ether oxygens (including phenoxy) is 1. The number of anilines is 1. The summed E-state index contributed by atoms with van der Waals surface area (Å²) in [6.45, 7) is 5.20. The van der Waals surface area contributed by atoms with E-state index >= 15 is 0 Å². The molecule has 1 heterocycles. The second-order valence-corrected chi connectivity index (χ2v) is 9.27. The van der Waals surface area contributed by atoms with Crippen molar-refractivity contribution in [1.29, 1.82) is 0 Å². The molecule has 1 aromatic heterocycles. The first-order chi connectivity index (χ1) is 15.3. The molecule has 1 amide bonds. The van der Waals surface area contributed by atoms with Crippen LogP contribution in [0.2, 0.25) is 0 Å². The van der Waals surface area contributed by atoms with E-state index in [2.05, 4.69) is 10.3 Å². The van der Waals surface area contributed by atoms with Crippen molar-refractivity contribution in [3.05, 3.63) is 70.0 Å². The minimum absolute atomic E-state index is 0.0319. The van der Waals surface area contributed by atoms with Crippen molar-refractivity contribution in [1.82, 2.24) is 10.3 Å². The lowest BCUT2D eigenvalue weighted by atomic mass is 10.1. The van der Waals surface area contributed by atoms with Gasteiger partial charge in [-0.2, -0.15) is 0 Å². The third-order valence-electron chi connectivity index (χ3n) is 5.17. The summed E-state index contributed by atoms with van der Waals surface area (Å²) in [6, 6.07) is 11.4. The van der Waals surface area contributed by atoms with Gasteiger partial charge in [0.15, 0.2) is 0 Å². The molecule has 3 rings (SSSR count). The molecule has 0 aliphatic carbocycles. The van der Waals surface area contributed by atoms with E-state index in [0.717, 1.165) is 5.56 Å². The highest BCUT2D eigenvalue weighted by molar-refractivity contribution is 7.92. The quantitative estimate of drug-likeness (QED) is 0.480. The van der Waals surface area contributed by atoms with Crippen LogP contribution >= 0.6 is 0 Å². The van der Waals surface area contributed by atoms with E-state index in [4.69, 9.17) is 4.74 Å². The Hall–Kier alpha value is -3.17. The number of carbonyl (C=O) groups is 1. The Labute approximate surface area is 187 Å². The van der Waals surface area contributed by atoms with Crippen LogP contribution in [0, 0.1) is 6.92 Å². The third-order valence-corrected chi connectivity index (χ3v) is 6.93. The van der Waals surface area contributed by atoms with Crippen molar-refractivity contribution < 1.29 is 17.9 Å². The van der Waals surface area contributed by atoms with Gasteiger partial charge < -0.3 is 15.0 Å². The van der Waals surface area contributed by atoms with Gasteiger partial charge in [-0.1, -0.05) is 18.2 Å². The average Bonchev–Trinajstić information content (AvgIpc) is 2.78. The molecule has 0 atom stereocenters. The maximum absolute atomic E-state index is 13.2. The monoisotopic (exact) mass is 457 g/mol. The van der Waals surface area contributed by atoms with Gasteiger partial charge in [-0.05, 0) is 50.1 Å². The summed E-state index contributed by atoms with van der Waals surface area (Å²) in [6.07, 6.45) is 1.97. The summed E-state index contributed by atoms with van der Waals surface area (Å²) in [4.78, 5) is 28.3.